The van der Waals surface area contributed by atoms with Crippen molar-refractivity contribution in [3.63, 3.8) is 0 Å². The second-order valence-electron chi connectivity index (χ2n) is 6.39. The minimum absolute atomic E-state index is 0.129. The number of hydrogen-bond acceptors (Lipinski definition) is 3. The molecule has 0 spiro atoms. The van der Waals surface area contributed by atoms with Gasteiger partial charge >= 0.3 is 0 Å². The van der Waals surface area contributed by atoms with E-state index in [4.69, 9.17) is 16.3 Å². The quantitative estimate of drug-likeness (QED) is 0.842. The molecule has 27 heavy (non-hydrogen) atoms. The lowest BCUT2D eigenvalue weighted by Gasteiger charge is -2.41. The van der Waals surface area contributed by atoms with E-state index in [1.54, 1.807) is 23.1 Å². The highest BCUT2D eigenvalue weighted by molar-refractivity contribution is 6.31. The van der Waals surface area contributed by atoms with E-state index in [0.717, 1.165) is 12.1 Å². The number of halogens is 3. The number of nitrogens with zero attached hydrogens (tertiary/aromatic N) is 1. The summed E-state index contributed by atoms with van der Waals surface area (Å²) in [5, 5.41) is 10.2. The highest BCUT2D eigenvalue weighted by atomic mass is 35.5. The van der Waals surface area contributed by atoms with E-state index in [0.29, 0.717) is 29.3 Å². The van der Waals surface area contributed by atoms with Gasteiger partial charge in [0.2, 0.25) is 5.91 Å². The van der Waals surface area contributed by atoms with E-state index in [2.05, 4.69) is 0 Å². The molecule has 1 aliphatic heterocycles. The molecule has 2 atom stereocenters. The van der Waals surface area contributed by atoms with Crippen LogP contribution in [-0.2, 0) is 16.0 Å². The summed E-state index contributed by atoms with van der Waals surface area (Å²) in [6.07, 6.45) is -0.165. The average molecular weight is 396 g/mol. The Labute approximate surface area is 161 Å². The van der Waals surface area contributed by atoms with Crippen LogP contribution < -0.4 is 0 Å². The topological polar surface area (TPSA) is 49.8 Å². The molecule has 1 fully saturated rings. The maximum Gasteiger partial charge on any atom is 0.223 e. The third kappa shape index (κ3) is 4.46. The molecule has 144 valence electrons. The smallest absolute Gasteiger partial charge is 0.223 e. The first-order chi connectivity index (χ1) is 13.0. The molecule has 1 amide bonds. The standard InChI is InChI=1S/C20H20ClF2NO3/c21-15-4-2-1-3-14(15)20-18(12-25)27-10-9-24(20)19(26)8-6-13-5-7-16(22)17(23)11-13/h1-5,7,11,18,20,25H,6,8-10,12H2/t18-,20-/m0/s1. The van der Waals surface area contributed by atoms with Gasteiger partial charge in [-0.25, -0.2) is 8.78 Å². The largest absolute Gasteiger partial charge is 0.394 e. The van der Waals surface area contributed by atoms with E-state index >= 15 is 0 Å². The van der Waals surface area contributed by atoms with Gasteiger partial charge in [0.1, 0.15) is 6.10 Å². The highest BCUT2D eigenvalue weighted by Crippen LogP contribution is 2.34. The van der Waals surface area contributed by atoms with Crippen molar-refractivity contribution in [1.29, 1.82) is 0 Å². The summed E-state index contributed by atoms with van der Waals surface area (Å²) in [6.45, 7) is 0.426. The Morgan fingerprint density at radius 2 is 2.00 bits per heavy atom. The number of aliphatic hydroxyl groups excluding tert-OH is 1. The van der Waals surface area contributed by atoms with Crippen LogP contribution in [0.3, 0.4) is 0 Å². The predicted molar refractivity (Wildman–Crippen MR) is 97.4 cm³/mol. The summed E-state index contributed by atoms with van der Waals surface area (Å²) in [4.78, 5) is 14.5. The first-order valence-corrected chi connectivity index (χ1v) is 9.09. The van der Waals surface area contributed by atoms with Crippen molar-refractivity contribution in [2.75, 3.05) is 19.8 Å². The van der Waals surface area contributed by atoms with Crippen molar-refractivity contribution >= 4 is 17.5 Å². The second-order valence-corrected chi connectivity index (χ2v) is 6.80. The third-order valence-corrected chi connectivity index (χ3v) is 5.03. The lowest BCUT2D eigenvalue weighted by Crippen LogP contribution is -2.49. The first kappa shape index (κ1) is 19.7. The van der Waals surface area contributed by atoms with Gasteiger partial charge in [0.15, 0.2) is 11.6 Å². The average Bonchev–Trinajstić information content (AvgIpc) is 2.68. The Balaban J connectivity index is 1.78. The molecule has 0 saturated carbocycles. The molecule has 1 N–H and O–H groups in total. The zero-order valence-corrected chi connectivity index (χ0v) is 15.3. The van der Waals surface area contributed by atoms with E-state index < -0.39 is 23.8 Å². The molecule has 2 aromatic carbocycles. The maximum atomic E-state index is 13.4. The zero-order chi connectivity index (χ0) is 19.4. The highest BCUT2D eigenvalue weighted by Gasteiger charge is 2.36. The fraction of sp³-hybridized carbons (Fsp3) is 0.350. The van der Waals surface area contributed by atoms with Crippen LogP contribution in [0.2, 0.25) is 5.02 Å². The van der Waals surface area contributed by atoms with E-state index in [9.17, 15) is 18.7 Å². The minimum atomic E-state index is -0.930. The van der Waals surface area contributed by atoms with Crippen molar-refractivity contribution in [3.8, 4) is 0 Å². The summed E-state index contributed by atoms with van der Waals surface area (Å²) < 4.78 is 32.0. The van der Waals surface area contributed by atoms with Crippen LogP contribution >= 0.6 is 11.6 Å². The van der Waals surface area contributed by atoms with Crippen LogP contribution in [0, 0.1) is 11.6 Å². The van der Waals surface area contributed by atoms with Crippen molar-refractivity contribution in [2.45, 2.75) is 25.0 Å². The summed E-state index contributed by atoms with van der Waals surface area (Å²) >= 11 is 6.30. The lowest BCUT2D eigenvalue weighted by atomic mass is 9.97. The Morgan fingerprint density at radius 3 is 2.70 bits per heavy atom. The normalized spacial score (nSPS) is 19.9. The molecule has 0 aromatic heterocycles. The molecule has 0 aliphatic carbocycles. The van der Waals surface area contributed by atoms with Crippen LogP contribution in [0.5, 0.6) is 0 Å². The van der Waals surface area contributed by atoms with Gasteiger partial charge in [-0.2, -0.15) is 0 Å². The summed E-state index contributed by atoms with van der Waals surface area (Å²) in [6, 6.07) is 10.3. The van der Waals surface area contributed by atoms with Gasteiger partial charge < -0.3 is 14.7 Å². The van der Waals surface area contributed by atoms with E-state index in [-0.39, 0.29) is 25.4 Å². The zero-order valence-electron chi connectivity index (χ0n) is 14.6. The van der Waals surface area contributed by atoms with Crippen LogP contribution in [-0.4, -0.2) is 41.8 Å². The van der Waals surface area contributed by atoms with Crippen molar-refractivity contribution in [1.82, 2.24) is 4.90 Å². The summed E-state index contributed by atoms with van der Waals surface area (Å²) in [5.41, 5.74) is 1.25. The van der Waals surface area contributed by atoms with Crippen LogP contribution in [0.4, 0.5) is 8.78 Å². The molecule has 0 unspecified atom stereocenters. The Hall–Kier alpha value is -2.02. The number of aliphatic hydroxyl groups is 1. The summed E-state index contributed by atoms with van der Waals surface area (Å²) in [7, 11) is 0. The SMILES string of the molecule is O=C(CCc1ccc(F)c(F)c1)N1CCO[C@@H](CO)[C@@H]1c1ccccc1Cl. The molecule has 1 saturated heterocycles. The Kier molecular flexibility index (Phi) is 6.42. The predicted octanol–water partition coefficient (Wildman–Crippen LogP) is 3.51. The lowest BCUT2D eigenvalue weighted by molar-refractivity contribution is -0.149. The van der Waals surface area contributed by atoms with Crippen molar-refractivity contribution in [2.24, 2.45) is 0 Å². The molecule has 4 nitrogen and oxygen atoms in total. The number of carbonyl (C=O) groups is 1. The van der Waals surface area contributed by atoms with Crippen LogP contribution in [0.25, 0.3) is 0 Å². The number of amides is 1. The van der Waals surface area contributed by atoms with Crippen LogP contribution in [0.1, 0.15) is 23.6 Å². The molecule has 3 rings (SSSR count). The van der Waals surface area contributed by atoms with Gasteiger partial charge in [-0.1, -0.05) is 35.9 Å². The van der Waals surface area contributed by atoms with Crippen LogP contribution in [0.15, 0.2) is 42.5 Å². The van der Waals surface area contributed by atoms with Gasteiger partial charge in [0.25, 0.3) is 0 Å². The fourth-order valence-corrected chi connectivity index (χ4v) is 3.59. The molecule has 1 heterocycles. The van der Waals surface area contributed by atoms with E-state index in [1.807, 2.05) is 6.07 Å². The monoisotopic (exact) mass is 395 g/mol. The summed E-state index contributed by atoms with van der Waals surface area (Å²) in [5.74, 6) is -2.00. The number of morpholine rings is 1. The van der Waals surface area contributed by atoms with E-state index in [1.165, 1.54) is 6.07 Å². The molecule has 7 heteroatoms. The van der Waals surface area contributed by atoms with Crippen molar-refractivity contribution < 1.29 is 23.4 Å². The Bertz CT molecular complexity index is 818. The molecule has 0 radical (unpaired) electrons. The number of hydrogen-bond donors (Lipinski definition) is 1. The van der Waals surface area contributed by atoms with Gasteiger partial charge in [-0.3, -0.25) is 4.79 Å². The molecule has 1 aliphatic rings. The van der Waals surface area contributed by atoms with Crippen molar-refractivity contribution in [3.05, 3.63) is 70.2 Å². The molecular formula is C20H20ClF2NO3. The number of aryl methyl sites for hydroxylation is 1. The number of rotatable bonds is 5. The maximum absolute atomic E-state index is 13.4. The number of carbonyl (C=O) groups excluding carboxylic acids is 1. The Morgan fingerprint density at radius 1 is 1.22 bits per heavy atom. The first-order valence-electron chi connectivity index (χ1n) is 8.71. The van der Waals surface area contributed by atoms with Gasteiger partial charge in [0, 0.05) is 18.0 Å². The second kappa shape index (κ2) is 8.78. The molecular weight excluding hydrogens is 376 g/mol. The minimum Gasteiger partial charge on any atom is -0.394 e. The molecule has 0 bridgehead atoms. The number of ether oxygens (including phenoxy) is 1. The van der Waals surface area contributed by atoms with Gasteiger partial charge in [0.05, 0.1) is 19.3 Å². The molecule has 2 aromatic rings. The third-order valence-electron chi connectivity index (χ3n) is 4.69. The van der Waals surface area contributed by atoms with Gasteiger partial charge in [-0.05, 0) is 35.7 Å². The number of benzene rings is 2. The fourth-order valence-electron chi connectivity index (χ4n) is 3.34. The van der Waals surface area contributed by atoms with Gasteiger partial charge in [-0.15, -0.1) is 0 Å².